The monoisotopic (exact) mass is 196 g/mol. The molecule has 0 nitrogen and oxygen atoms in total. The predicted molar refractivity (Wildman–Crippen MR) is 63.8 cm³/mol. The first-order chi connectivity index (χ1) is 5.67. The maximum absolute atomic E-state index is 2.50. The molecule has 0 unspecified atom stereocenters. The molecule has 0 spiro atoms. The van der Waals surface area contributed by atoms with Crippen LogP contribution in [-0.4, -0.2) is 8.07 Å². The highest BCUT2D eigenvalue weighted by molar-refractivity contribution is 6.78. The summed E-state index contributed by atoms with van der Waals surface area (Å²) >= 11 is 0. The van der Waals surface area contributed by atoms with Gasteiger partial charge in [0.2, 0.25) is 0 Å². The van der Waals surface area contributed by atoms with E-state index in [4.69, 9.17) is 0 Å². The van der Waals surface area contributed by atoms with E-state index < -0.39 is 8.07 Å². The van der Waals surface area contributed by atoms with Crippen molar-refractivity contribution in [3.63, 3.8) is 0 Å². The maximum atomic E-state index is 2.50. The molecule has 0 heterocycles. The van der Waals surface area contributed by atoms with Crippen molar-refractivity contribution in [2.75, 3.05) is 0 Å². The molecule has 2 atom stereocenters. The van der Waals surface area contributed by atoms with Gasteiger partial charge >= 0.3 is 0 Å². The first-order valence-electron chi connectivity index (χ1n) is 5.32. The van der Waals surface area contributed by atoms with Gasteiger partial charge < -0.3 is 0 Å². The van der Waals surface area contributed by atoms with E-state index in [9.17, 15) is 0 Å². The zero-order chi connectivity index (χ0) is 10.4. The summed E-state index contributed by atoms with van der Waals surface area (Å²) in [4.78, 5) is 0. The predicted octanol–water partition coefficient (Wildman–Crippen LogP) is 4.32. The van der Waals surface area contributed by atoms with E-state index in [1.165, 1.54) is 5.57 Å². The third-order valence-electron chi connectivity index (χ3n) is 3.36. The van der Waals surface area contributed by atoms with Crippen molar-refractivity contribution in [2.45, 2.75) is 52.9 Å². The first kappa shape index (κ1) is 11.0. The minimum Gasteiger partial charge on any atom is -0.0822 e. The second-order valence-corrected chi connectivity index (χ2v) is 11.8. The smallest absolute Gasteiger partial charge is 0.0486 e. The minimum atomic E-state index is -0.933. The molecule has 0 bridgehead atoms. The van der Waals surface area contributed by atoms with Gasteiger partial charge in [0.25, 0.3) is 0 Å². The standard InChI is InChI=1S/C12H24Si/c1-9(2)8-10-11(12(10,3)4)13(5,6)7/h8,10-11H,1-7H3/t10-,11+/m0/s1. The van der Waals surface area contributed by atoms with Crippen LogP contribution in [0.15, 0.2) is 11.6 Å². The molecule has 0 saturated heterocycles. The fraction of sp³-hybridized carbons (Fsp3) is 0.833. The Labute approximate surface area is 84.4 Å². The van der Waals surface area contributed by atoms with E-state index >= 15 is 0 Å². The summed E-state index contributed by atoms with van der Waals surface area (Å²) in [7, 11) is -0.933. The highest BCUT2D eigenvalue weighted by Gasteiger charge is 2.61. The van der Waals surface area contributed by atoms with Gasteiger partial charge in [-0.2, -0.15) is 0 Å². The summed E-state index contributed by atoms with van der Waals surface area (Å²) in [6.45, 7) is 16.8. The molecule has 13 heavy (non-hydrogen) atoms. The Morgan fingerprint density at radius 1 is 1.15 bits per heavy atom. The van der Waals surface area contributed by atoms with Crippen molar-refractivity contribution in [1.29, 1.82) is 0 Å². The van der Waals surface area contributed by atoms with Crippen molar-refractivity contribution >= 4 is 8.07 Å². The minimum absolute atomic E-state index is 0.585. The molecule has 0 N–H and O–H groups in total. The van der Waals surface area contributed by atoms with Crippen LogP contribution in [0.1, 0.15) is 27.7 Å². The number of hydrogen-bond donors (Lipinski definition) is 0. The molecule has 1 saturated carbocycles. The van der Waals surface area contributed by atoms with Gasteiger partial charge in [-0.1, -0.05) is 45.1 Å². The van der Waals surface area contributed by atoms with Crippen molar-refractivity contribution in [2.24, 2.45) is 11.3 Å². The van der Waals surface area contributed by atoms with Crippen LogP contribution < -0.4 is 0 Å². The van der Waals surface area contributed by atoms with Crippen molar-refractivity contribution in [3.8, 4) is 0 Å². The molecule has 1 aliphatic carbocycles. The lowest BCUT2D eigenvalue weighted by molar-refractivity contribution is 0.606. The Morgan fingerprint density at radius 3 is 1.85 bits per heavy atom. The molecule has 1 aliphatic rings. The topological polar surface area (TPSA) is 0 Å². The second-order valence-electron chi connectivity index (χ2n) is 6.43. The second kappa shape index (κ2) is 2.98. The lowest BCUT2D eigenvalue weighted by Gasteiger charge is -2.17. The molecule has 0 aromatic rings. The number of rotatable bonds is 2. The molecule has 1 heteroatoms. The summed E-state index contributed by atoms with van der Waals surface area (Å²) in [6, 6.07) is 0. The van der Waals surface area contributed by atoms with Crippen molar-refractivity contribution in [3.05, 3.63) is 11.6 Å². The van der Waals surface area contributed by atoms with Gasteiger partial charge in [-0.05, 0) is 30.7 Å². The highest BCUT2D eigenvalue weighted by atomic mass is 28.3. The van der Waals surface area contributed by atoms with E-state index in [1.807, 2.05) is 0 Å². The Kier molecular flexibility index (Phi) is 2.53. The van der Waals surface area contributed by atoms with Crippen LogP contribution >= 0.6 is 0 Å². The van der Waals surface area contributed by atoms with Gasteiger partial charge in [-0.3, -0.25) is 0 Å². The highest BCUT2D eigenvalue weighted by Crippen LogP contribution is 2.68. The van der Waals surface area contributed by atoms with E-state index in [1.54, 1.807) is 0 Å². The van der Waals surface area contributed by atoms with Crippen molar-refractivity contribution < 1.29 is 0 Å². The van der Waals surface area contributed by atoms with Crippen LogP contribution in [0.5, 0.6) is 0 Å². The molecule has 1 rings (SSSR count). The molecule has 0 aromatic carbocycles. The lowest BCUT2D eigenvalue weighted by Crippen LogP contribution is -2.22. The molecule has 76 valence electrons. The van der Waals surface area contributed by atoms with Crippen molar-refractivity contribution in [1.82, 2.24) is 0 Å². The molecule has 0 radical (unpaired) electrons. The van der Waals surface area contributed by atoms with Gasteiger partial charge in [0.05, 0.1) is 0 Å². The average molecular weight is 196 g/mol. The Bertz CT molecular complexity index is 226. The van der Waals surface area contributed by atoms with E-state index in [0.29, 0.717) is 5.41 Å². The summed E-state index contributed by atoms with van der Waals surface area (Å²) in [5, 5.41) is 0. The average Bonchev–Trinajstić information content (AvgIpc) is 2.29. The largest absolute Gasteiger partial charge is 0.0822 e. The summed E-state index contributed by atoms with van der Waals surface area (Å²) in [5.41, 5.74) is 3.07. The van der Waals surface area contributed by atoms with Gasteiger partial charge in [-0.15, -0.1) is 0 Å². The zero-order valence-corrected chi connectivity index (χ0v) is 11.2. The lowest BCUT2D eigenvalue weighted by atomic mass is 10.1. The molecule has 0 amide bonds. The van der Waals surface area contributed by atoms with Crippen LogP contribution in [0.25, 0.3) is 0 Å². The van der Waals surface area contributed by atoms with Crippen LogP contribution in [0.2, 0.25) is 25.2 Å². The van der Waals surface area contributed by atoms with Crippen LogP contribution in [0.3, 0.4) is 0 Å². The van der Waals surface area contributed by atoms with E-state index in [2.05, 4.69) is 53.4 Å². The van der Waals surface area contributed by atoms with E-state index in [0.717, 1.165) is 11.5 Å². The van der Waals surface area contributed by atoms with Gasteiger partial charge in [0, 0.05) is 8.07 Å². The third-order valence-corrected chi connectivity index (χ3v) is 6.33. The quantitative estimate of drug-likeness (QED) is 0.456. The number of hydrogen-bond acceptors (Lipinski definition) is 0. The van der Waals surface area contributed by atoms with Crippen LogP contribution in [0, 0.1) is 11.3 Å². The van der Waals surface area contributed by atoms with Gasteiger partial charge in [0.15, 0.2) is 0 Å². The fourth-order valence-corrected chi connectivity index (χ4v) is 6.93. The molecule has 1 fully saturated rings. The first-order valence-corrected chi connectivity index (χ1v) is 8.90. The summed E-state index contributed by atoms with van der Waals surface area (Å²) in [5.74, 6) is 0.865. The summed E-state index contributed by atoms with van der Waals surface area (Å²) < 4.78 is 0. The third kappa shape index (κ3) is 2.07. The van der Waals surface area contributed by atoms with Crippen LogP contribution in [0.4, 0.5) is 0 Å². The van der Waals surface area contributed by atoms with Gasteiger partial charge in [-0.25, -0.2) is 0 Å². The van der Waals surface area contributed by atoms with Gasteiger partial charge in [0.1, 0.15) is 0 Å². The molecule has 0 aromatic heterocycles. The Morgan fingerprint density at radius 2 is 1.62 bits per heavy atom. The maximum Gasteiger partial charge on any atom is 0.0486 e. The molecular weight excluding hydrogens is 172 g/mol. The number of allylic oxidation sites excluding steroid dienone is 2. The molecular formula is C12H24Si. The Hall–Kier alpha value is -0.0431. The normalized spacial score (nSPS) is 31.3. The zero-order valence-electron chi connectivity index (χ0n) is 10.2. The van der Waals surface area contributed by atoms with Crippen LogP contribution in [-0.2, 0) is 0 Å². The fourth-order valence-electron chi connectivity index (χ4n) is 3.00. The molecule has 0 aliphatic heterocycles. The SMILES string of the molecule is CC(C)=C[C@H]1[C@@H]([Si](C)(C)C)C1(C)C. The Balaban J connectivity index is 2.79. The van der Waals surface area contributed by atoms with E-state index in [-0.39, 0.29) is 0 Å². The summed E-state index contributed by atoms with van der Waals surface area (Å²) in [6.07, 6.45) is 2.49.